The van der Waals surface area contributed by atoms with Crippen LogP contribution in [0.5, 0.6) is 11.5 Å². The number of hydrogen-bond donors (Lipinski definition) is 0. The number of hydrogen-bond acceptors (Lipinski definition) is 2. The van der Waals surface area contributed by atoms with Crippen molar-refractivity contribution in [2.75, 3.05) is 0 Å². The van der Waals surface area contributed by atoms with Crippen molar-refractivity contribution in [1.82, 2.24) is 0 Å². The minimum atomic E-state index is -4.57. The molecule has 0 bridgehead atoms. The number of halogens is 3. The molecule has 0 saturated carbocycles. The standard InChI is InChI=1S/C28H40Cl3O2P/c1-25(2,3)17-13-19-20-14-18(26(4,5)6)16-22(28(10,11)12)24(20)33-34(29,30,31)32-23(19)21(15-17)27(7,8)9/h13-16H,1-12H3. The SMILES string of the molecule is CC(C)(C)c1cc2c(c(C(C)(C)C)c1)OP(Cl)(Cl)(Cl)Oc1c-2cc(C(C)(C)C)cc1C(C)(C)C. The van der Waals surface area contributed by atoms with E-state index in [1.165, 1.54) is 11.1 Å². The molecular weight excluding hydrogens is 506 g/mol. The molecule has 6 heteroatoms. The average molecular weight is 546 g/mol. The fourth-order valence-electron chi connectivity index (χ4n) is 4.13. The first-order valence-electron chi connectivity index (χ1n) is 11.8. The Morgan fingerprint density at radius 1 is 0.500 bits per heavy atom. The van der Waals surface area contributed by atoms with Gasteiger partial charge >= 0.3 is 222 Å². The van der Waals surface area contributed by atoms with Gasteiger partial charge in [-0.05, 0) is 0 Å². The van der Waals surface area contributed by atoms with Crippen molar-refractivity contribution in [2.24, 2.45) is 0 Å². The molecule has 0 spiro atoms. The Labute approximate surface area is 221 Å². The fraction of sp³-hybridized carbons (Fsp3) is 0.571. The number of benzene rings is 2. The second-order valence-electron chi connectivity index (χ2n) is 13.7. The average Bonchev–Trinajstić information content (AvgIpc) is 2.66. The molecule has 0 aromatic heterocycles. The van der Waals surface area contributed by atoms with Crippen molar-refractivity contribution in [3.63, 3.8) is 0 Å². The summed E-state index contributed by atoms with van der Waals surface area (Å²) < 4.78 is 12.7. The summed E-state index contributed by atoms with van der Waals surface area (Å²) >= 11 is 20.4. The van der Waals surface area contributed by atoms with Gasteiger partial charge in [-0.25, -0.2) is 0 Å². The maximum absolute atomic E-state index is 6.81. The van der Waals surface area contributed by atoms with Crippen LogP contribution < -0.4 is 9.05 Å². The van der Waals surface area contributed by atoms with E-state index in [4.69, 9.17) is 42.8 Å². The summed E-state index contributed by atoms with van der Waals surface area (Å²) in [5, 5.41) is -4.57. The van der Waals surface area contributed by atoms with E-state index in [0.29, 0.717) is 11.5 Å². The van der Waals surface area contributed by atoms with E-state index in [2.05, 4.69) is 107 Å². The van der Waals surface area contributed by atoms with Gasteiger partial charge in [0.1, 0.15) is 0 Å². The number of rotatable bonds is 0. The Balaban J connectivity index is 2.62. The third-order valence-corrected chi connectivity index (χ3v) is 8.45. The van der Waals surface area contributed by atoms with Crippen LogP contribution in [0.25, 0.3) is 11.1 Å². The van der Waals surface area contributed by atoms with Gasteiger partial charge in [0.05, 0.1) is 0 Å². The predicted molar refractivity (Wildman–Crippen MR) is 152 cm³/mol. The third-order valence-electron chi connectivity index (χ3n) is 6.28. The first-order valence-corrected chi connectivity index (χ1v) is 16.6. The summed E-state index contributed by atoms with van der Waals surface area (Å²) in [6, 6.07) is 8.76. The number of fused-ring (bicyclic) bond motifs is 3. The minimum absolute atomic E-state index is 0.0781. The topological polar surface area (TPSA) is 18.5 Å². The van der Waals surface area contributed by atoms with Gasteiger partial charge in [0, 0.05) is 0 Å². The Hall–Kier alpha value is -0.660. The molecule has 1 heterocycles. The molecule has 3 rings (SSSR count). The van der Waals surface area contributed by atoms with E-state index in [1.807, 2.05) is 0 Å². The van der Waals surface area contributed by atoms with Crippen LogP contribution in [0.3, 0.4) is 0 Å². The second-order valence-corrected chi connectivity index (χ2v) is 22.5. The molecule has 0 aliphatic carbocycles. The molecule has 0 N–H and O–H groups in total. The Bertz CT molecular complexity index is 1040. The monoisotopic (exact) mass is 544 g/mol. The molecule has 0 amide bonds. The van der Waals surface area contributed by atoms with Crippen molar-refractivity contribution in [2.45, 2.75) is 105 Å². The van der Waals surface area contributed by atoms with Crippen LogP contribution in [0.15, 0.2) is 24.3 Å². The summed E-state index contributed by atoms with van der Waals surface area (Å²) in [4.78, 5) is 0. The van der Waals surface area contributed by atoms with Crippen LogP contribution in [-0.2, 0) is 21.7 Å². The summed E-state index contributed by atoms with van der Waals surface area (Å²) in [6.45, 7) is 26.2. The molecule has 190 valence electrons. The molecule has 1 aliphatic rings. The van der Waals surface area contributed by atoms with E-state index < -0.39 is 5.12 Å². The molecule has 34 heavy (non-hydrogen) atoms. The van der Waals surface area contributed by atoms with Crippen molar-refractivity contribution < 1.29 is 9.05 Å². The fourth-order valence-corrected chi connectivity index (χ4v) is 6.37. The van der Waals surface area contributed by atoms with Gasteiger partial charge in [-0.15, -0.1) is 0 Å². The molecule has 2 nitrogen and oxygen atoms in total. The van der Waals surface area contributed by atoms with Crippen LogP contribution in [0.4, 0.5) is 0 Å². The normalized spacial score (nSPS) is 19.0. The van der Waals surface area contributed by atoms with Crippen LogP contribution in [0.1, 0.15) is 105 Å². The molecule has 2 aromatic carbocycles. The third kappa shape index (κ3) is 5.67. The van der Waals surface area contributed by atoms with Gasteiger partial charge in [0.2, 0.25) is 0 Å². The van der Waals surface area contributed by atoms with Crippen LogP contribution in [0.2, 0.25) is 0 Å². The van der Waals surface area contributed by atoms with Gasteiger partial charge < -0.3 is 0 Å². The van der Waals surface area contributed by atoms with Crippen LogP contribution in [0, 0.1) is 0 Å². The molecule has 0 atom stereocenters. The first-order chi connectivity index (χ1) is 14.9. The molecular formula is C28H40Cl3O2P. The maximum atomic E-state index is 6.81. The molecule has 0 saturated heterocycles. The molecule has 0 unspecified atom stereocenters. The van der Waals surface area contributed by atoms with Crippen molar-refractivity contribution in [3.8, 4) is 22.6 Å². The van der Waals surface area contributed by atoms with Crippen molar-refractivity contribution in [1.29, 1.82) is 0 Å². The van der Waals surface area contributed by atoms with Gasteiger partial charge in [-0.3, -0.25) is 0 Å². The Morgan fingerprint density at radius 3 is 1.03 bits per heavy atom. The Morgan fingerprint density at radius 2 is 0.794 bits per heavy atom. The first kappa shape index (κ1) is 27.9. The van der Waals surface area contributed by atoms with Crippen LogP contribution in [-0.4, -0.2) is 0 Å². The van der Waals surface area contributed by atoms with Gasteiger partial charge in [0.15, 0.2) is 0 Å². The van der Waals surface area contributed by atoms with Gasteiger partial charge in [0.25, 0.3) is 0 Å². The molecule has 0 fully saturated rings. The van der Waals surface area contributed by atoms with E-state index >= 15 is 0 Å². The van der Waals surface area contributed by atoms with Gasteiger partial charge in [-0.2, -0.15) is 0 Å². The molecule has 2 aromatic rings. The van der Waals surface area contributed by atoms with Crippen molar-refractivity contribution >= 4 is 38.8 Å². The molecule has 1 aliphatic heterocycles. The predicted octanol–water partition coefficient (Wildman–Crippen LogP) is 11.2. The van der Waals surface area contributed by atoms with E-state index in [1.54, 1.807) is 0 Å². The Kier molecular flexibility index (Phi) is 6.50. The van der Waals surface area contributed by atoms with E-state index in [0.717, 1.165) is 22.3 Å². The van der Waals surface area contributed by atoms with E-state index in [-0.39, 0.29) is 21.7 Å². The zero-order valence-electron chi connectivity index (χ0n) is 22.7. The summed E-state index contributed by atoms with van der Waals surface area (Å²) in [7, 11) is 0. The molecule has 0 radical (unpaired) electrons. The quantitative estimate of drug-likeness (QED) is 0.306. The summed E-state index contributed by atoms with van der Waals surface area (Å²) in [5.74, 6) is 1.20. The zero-order valence-corrected chi connectivity index (χ0v) is 25.9. The van der Waals surface area contributed by atoms with Crippen LogP contribution >= 0.6 is 38.8 Å². The summed E-state index contributed by atoms with van der Waals surface area (Å²) in [5.41, 5.74) is 5.59. The van der Waals surface area contributed by atoms with Crippen molar-refractivity contribution in [3.05, 3.63) is 46.5 Å². The second kappa shape index (κ2) is 7.92. The van der Waals surface area contributed by atoms with Gasteiger partial charge in [-0.1, -0.05) is 0 Å². The zero-order chi connectivity index (χ0) is 26.3. The van der Waals surface area contributed by atoms with E-state index in [9.17, 15) is 0 Å². The summed E-state index contributed by atoms with van der Waals surface area (Å²) in [6.07, 6.45) is 0.